The zero-order valence-corrected chi connectivity index (χ0v) is 13.5. The molecule has 0 aliphatic carbocycles. The first kappa shape index (κ1) is 16.1. The number of carbonyl (C=O) groups excluding carboxylic acids is 1. The standard InChI is InChI=1S/C16H19N5O3/c1-19(16(22)12-6-8-13(9-7-12)21(23)24)11-15-18-17-14-5-3-2-4-10-20(14)15/h6-9H,2-5,10-11H2,1H3. The predicted octanol–water partition coefficient (Wildman–Crippen LogP) is 2.18. The normalized spacial score (nSPS) is 13.9. The molecule has 8 heteroatoms. The third-order valence-corrected chi connectivity index (χ3v) is 4.24. The smallest absolute Gasteiger partial charge is 0.269 e. The van der Waals surface area contributed by atoms with Gasteiger partial charge in [0.1, 0.15) is 5.82 Å². The topological polar surface area (TPSA) is 94.2 Å². The molecule has 0 fully saturated rings. The molecule has 0 saturated heterocycles. The van der Waals surface area contributed by atoms with Gasteiger partial charge in [-0.3, -0.25) is 14.9 Å². The lowest BCUT2D eigenvalue weighted by Crippen LogP contribution is -2.28. The van der Waals surface area contributed by atoms with Crippen molar-refractivity contribution in [1.29, 1.82) is 0 Å². The minimum Gasteiger partial charge on any atom is -0.334 e. The molecule has 1 aromatic heterocycles. The Morgan fingerprint density at radius 3 is 2.71 bits per heavy atom. The number of aromatic nitrogens is 3. The summed E-state index contributed by atoms with van der Waals surface area (Å²) < 4.78 is 2.10. The molecule has 1 amide bonds. The Kier molecular flexibility index (Phi) is 4.54. The van der Waals surface area contributed by atoms with Gasteiger partial charge in [-0.25, -0.2) is 0 Å². The van der Waals surface area contributed by atoms with Crippen molar-refractivity contribution in [3.63, 3.8) is 0 Å². The SMILES string of the molecule is CN(Cc1nnc2n1CCCCC2)C(=O)c1ccc([N+](=O)[O-])cc1. The van der Waals surface area contributed by atoms with Crippen molar-refractivity contribution < 1.29 is 9.72 Å². The second-order valence-electron chi connectivity index (χ2n) is 5.96. The minimum absolute atomic E-state index is 0.0306. The fourth-order valence-corrected chi connectivity index (χ4v) is 2.89. The summed E-state index contributed by atoms with van der Waals surface area (Å²) >= 11 is 0. The van der Waals surface area contributed by atoms with E-state index in [-0.39, 0.29) is 11.6 Å². The van der Waals surface area contributed by atoms with Crippen molar-refractivity contribution in [1.82, 2.24) is 19.7 Å². The van der Waals surface area contributed by atoms with Crippen molar-refractivity contribution >= 4 is 11.6 Å². The highest BCUT2D eigenvalue weighted by atomic mass is 16.6. The summed E-state index contributed by atoms with van der Waals surface area (Å²) in [5.74, 6) is 1.57. The van der Waals surface area contributed by atoms with Gasteiger partial charge >= 0.3 is 0 Å². The monoisotopic (exact) mass is 329 g/mol. The zero-order chi connectivity index (χ0) is 17.1. The van der Waals surface area contributed by atoms with Crippen LogP contribution in [0.5, 0.6) is 0 Å². The molecule has 1 aromatic carbocycles. The van der Waals surface area contributed by atoms with Gasteiger partial charge in [-0.2, -0.15) is 0 Å². The highest BCUT2D eigenvalue weighted by molar-refractivity contribution is 5.94. The van der Waals surface area contributed by atoms with Gasteiger partial charge in [0, 0.05) is 37.7 Å². The van der Waals surface area contributed by atoms with Crippen LogP contribution in [0.1, 0.15) is 41.3 Å². The number of nitro groups is 1. The molecule has 0 spiro atoms. The van der Waals surface area contributed by atoms with Crippen molar-refractivity contribution in [2.45, 2.75) is 38.8 Å². The van der Waals surface area contributed by atoms with Gasteiger partial charge in [0.05, 0.1) is 11.5 Å². The van der Waals surface area contributed by atoms with Gasteiger partial charge in [-0.05, 0) is 25.0 Å². The van der Waals surface area contributed by atoms with E-state index in [1.54, 1.807) is 11.9 Å². The van der Waals surface area contributed by atoms with E-state index in [0.29, 0.717) is 12.1 Å². The summed E-state index contributed by atoms with van der Waals surface area (Å²) in [5.41, 5.74) is 0.385. The van der Waals surface area contributed by atoms with Crippen LogP contribution in [0.25, 0.3) is 0 Å². The molecule has 8 nitrogen and oxygen atoms in total. The van der Waals surface area contributed by atoms with Gasteiger partial charge in [0.15, 0.2) is 5.82 Å². The molecule has 0 saturated carbocycles. The summed E-state index contributed by atoms with van der Waals surface area (Å²) in [7, 11) is 1.70. The Hall–Kier alpha value is -2.77. The zero-order valence-electron chi connectivity index (χ0n) is 13.5. The lowest BCUT2D eigenvalue weighted by Gasteiger charge is -2.17. The van der Waals surface area contributed by atoms with Crippen LogP contribution in [0.3, 0.4) is 0 Å². The summed E-state index contributed by atoms with van der Waals surface area (Å²) in [6, 6.07) is 5.62. The number of non-ortho nitro benzene ring substituents is 1. The maximum absolute atomic E-state index is 12.5. The second-order valence-corrected chi connectivity index (χ2v) is 5.96. The van der Waals surface area contributed by atoms with E-state index in [9.17, 15) is 14.9 Å². The largest absolute Gasteiger partial charge is 0.334 e. The van der Waals surface area contributed by atoms with E-state index < -0.39 is 4.92 Å². The molecule has 0 N–H and O–H groups in total. The van der Waals surface area contributed by atoms with E-state index in [2.05, 4.69) is 14.8 Å². The van der Waals surface area contributed by atoms with Gasteiger partial charge in [0.25, 0.3) is 11.6 Å². The van der Waals surface area contributed by atoms with Crippen LogP contribution in [0.15, 0.2) is 24.3 Å². The number of fused-ring (bicyclic) bond motifs is 1. The molecule has 0 unspecified atom stereocenters. The summed E-state index contributed by atoms with van der Waals surface area (Å²) in [6.45, 7) is 1.25. The number of hydrogen-bond acceptors (Lipinski definition) is 5. The van der Waals surface area contributed by atoms with Gasteiger partial charge in [-0.15, -0.1) is 10.2 Å². The third-order valence-electron chi connectivity index (χ3n) is 4.24. The number of nitrogens with zero attached hydrogens (tertiary/aromatic N) is 5. The number of carbonyl (C=O) groups is 1. The first-order chi connectivity index (χ1) is 11.6. The van der Waals surface area contributed by atoms with Crippen LogP contribution in [-0.2, 0) is 19.5 Å². The van der Waals surface area contributed by atoms with Crippen molar-refractivity contribution in [3.05, 3.63) is 51.6 Å². The number of hydrogen-bond donors (Lipinski definition) is 0. The van der Waals surface area contributed by atoms with Crippen molar-refractivity contribution in [2.24, 2.45) is 0 Å². The molecule has 126 valence electrons. The molecular weight excluding hydrogens is 310 g/mol. The second kappa shape index (κ2) is 6.77. The quantitative estimate of drug-likeness (QED) is 0.633. The molecule has 0 bridgehead atoms. The number of benzene rings is 1. The molecule has 0 atom stereocenters. The van der Waals surface area contributed by atoms with Crippen LogP contribution in [0.2, 0.25) is 0 Å². The molecular formula is C16H19N5O3. The molecule has 2 aromatic rings. The van der Waals surface area contributed by atoms with E-state index >= 15 is 0 Å². The third kappa shape index (κ3) is 3.27. The molecule has 2 heterocycles. The Morgan fingerprint density at radius 1 is 1.25 bits per heavy atom. The number of rotatable bonds is 4. The average molecular weight is 329 g/mol. The fraction of sp³-hybridized carbons (Fsp3) is 0.438. The Balaban J connectivity index is 1.72. The maximum atomic E-state index is 12.5. The highest BCUT2D eigenvalue weighted by Gasteiger charge is 2.19. The van der Waals surface area contributed by atoms with Crippen LogP contribution < -0.4 is 0 Å². The van der Waals surface area contributed by atoms with E-state index in [0.717, 1.165) is 37.5 Å². The Morgan fingerprint density at radius 2 is 2.00 bits per heavy atom. The predicted molar refractivity (Wildman–Crippen MR) is 86.5 cm³/mol. The fourth-order valence-electron chi connectivity index (χ4n) is 2.89. The van der Waals surface area contributed by atoms with Crippen LogP contribution in [0.4, 0.5) is 5.69 Å². The lowest BCUT2D eigenvalue weighted by molar-refractivity contribution is -0.384. The van der Waals surface area contributed by atoms with E-state index in [1.165, 1.54) is 30.7 Å². The number of amides is 1. The van der Waals surface area contributed by atoms with Crippen molar-refractivity contribution in [2.75, 3.05) is 7.05 Å². The van der Waals surface area contributed by atoms with Gasteiger partial charge in [-0.1, -0.05) is 6.42 Å². The Labute approximate surface area is 139 Å². The highest BCUT2D eigenvalue weighted by Crippen LogP contribution is 2.17. The van der Waals surface area contributed by atoms with Gasteiger partial charge in [0.2, 0.25) is 0 Å². The van der Waals surface area contributed by atoms with Gasteiger partial charge < -0.3 is 9.47 Å². The maximum Gasteiger partial charge on any atom is 0.269 e. The molecule has 3 rings (SSSR count). The number of nitro benzene ring substituents is 1. The molecule has 1 aliphatic rings. The average Bonchev–Trinajstić information content (AvgIpc) is 2.81. The first-order valence-corrected chi connectivity index (χ1v) is 7.97. The Bertz CT molecular complexity index is 754. The van der Waals surface area contributed by atoms with Crippen LogP contribution >= 0.6 is 0 Å². The minimum atomic E-state index is -0.483. The van der Waals surface area contributed by atoms with Crippen molar-refractivity contribution in [3.8, 4) is 0 Å². The number of aryl methyl sites for hydroxylation is 1. The summed E-state index contributed by atoms with van der Waals surface area (Å²) in [6.07, 6.45) is 4.32. The van der Waals surface area contributed by atoms with E-state index in [1.807, 2.05) is 0 Å². The summed E-state index contributed by atoms with van der Waals surface area (Å²) in [5, 5.41) is 19.1. The van der Waals surface area contributed by atoms with Crippen LogP contribution in [-0.4, -0.2) is 37.5 Å². The lowest BCUT2D eigenvalue weighted by atomic mass is 10.2. The summed E-state index contributed by atoms with van der Waals surface area (Å²) in [4.78, 5) is 24.2. The van der Waals surface area contributed by atoms with Crippen LogP contribution in [0, 0.1) is 10.1 Å². The molecule has 24 heavy (non-hydrogen) atoms. The first-order valence-electron chi connectivity index (χ1n) is 7.97. The molecule has 0 radical (unpaired) electrons. The van der Waals surface area contributed by atoms with E-state index in [4.69, 9.17) is 0 Å². The molecule has 1 aliphatic heterocycles.